The highest BCUT2D eigenvalue weighted by Gasteiger charge is 2.15. The summed E-state index contributed by atoms with van der Waals surface area (Å²) in [6.45, 7) is 5.15. The Balaban J connectivity index is 2.94. The van der Waals surface area contributed by atoms with Crippen LogP contribution < -0.4 is 10.1 Å². The SMILES string of the molecule is CNCc1ccc([N+](=O)[O-])c(OCC(C)C)c1. The van der Waals surface area contributed by atoms with Crippen LogP contribution in [-0.2, 0) is 6.54 Å². The number of nitrogens with zero attached hydrogens (tertiary/aromatic N) is 1. The van der Waals surface area contributed by atoms with E-state index in [-0.39, 0.29) is 5.69 Å². The van der Waals surface area contributed by atoms with Crippen LogP contribution in [0, 0.1) is 16.0 Å². The van der Waals surface area contributed by atoms with Gasteiger partial charge in [0.25, 0.3) is 0 Å². The van der Waals surface area contributed by atoms with Gasteiger partial charge in [-0.2, -0.15) is 0 Å². The van der Waals surface area contributed by atoms with Crippen molar-refractivity contribution in [3.05, 3.63) is 33.9 Å². The van der Waals surface area contributed by atoms with Crippen molar-refractivity contribution in [3.8, 4) is 5.75 Å². The lowest BCUT2D eigenvalue weighted by Crippen LogP contribution is -2.08. The highest BCUT2D eigenvalue weighted by molar-refractivity contribution is 5.48. The van der Waals surface area contributed by atoms with Crippen LogP contribution in [0.2, 0.25) is 0 Å². The lowest BCUT2D eigenvalue weighted by atomic mass is 10.2. The zero-order valence-electron chi connectivity index (χ0n) is 10.4. The second kappa shape index (κ2) is 6.20. The fourth-order valence-corrected chi connectivity index (χ4v) is 1.40. The molecule has 0 radical (unpaired) electrons. The Kier molecular flexibility index (Phi) is 4.90. The van der Waals surface area contributed by atoms with Crippen molar-refractivity contribution in [2.75, 3.05) is 13.7 Å². The number of benzene rings is 1. The van der Waals surface area contributed by atoms with Gasteiger partial charge in [-0.1, -0.05) is 19.9 Å². The van der Waals surface area contributed by atoms with Crippen molar-refractivity contribution in [1.82, 2.24) is 5.32 Å². The molecule has 0 aliphatic rings. The molecule has 0 saturated carbocycles. The summed E-state index contributed by atoms with van der Waals surface area (Å²) in [4.78, 5) is 10.4. The van der Waals surface area contributed by atoms with Gasteiger partial charge in [0, 0.05) is 12.6 Å². The van der Waals surface area contributed by atoms with E-state index in [2.05, 4.69) is 5.32 Å². The fraction of sp³-hybridized carbons (Fsp3) is 0.500. The van der Waals surface area contributed by atoms with Crippen molar-refractivity contribution >= 4 is 5.69 Å². The van der Waals surface area contributed by atoms with Gasteiger partial charge in [0.05, 0.1) is 11.5 Å². The van der Waals surface area contributed by atoms with E-state index < -0.39 is 4.92 Å². The Labute approximate surface area is 101 Å². The van der Waals surface area contributed by atoms with E-state index in [1.54, 1.807) is 12.1 Å². The minimum atomic E-state index is -0.418. The van der Waals surface area contributed by atoms with E-state index in [4.69, 9.17) is 4.74 Å². The van der Waals surface area contributed by atoms with E-state index in [9.17, 15) is 10.1 Å². The van der Waals surface area contributed by atoms with Crippen molar-refractivity contribution in [2.24, 2.45) is 5.92 Å². The smallest absolute Gasteiger partial charge is 0.310 e. The molecule has 0 spiro atoms. The number of ether oxygens (including phenoxy) is 1. The number of nitro benzene ring substituents is 1. The number of nitro groups is 1. The summed E-state index contributed by atoms with van der Waals surface area (Å²) < 4.78 is 5.48. The quantitative estimate of drug-likeness (QED) is 0.610. The first-order valence-corrected chi connectivity index (χ1v) is 5.59. The first-order chi connectivity index (χ1) is 8.04. The van der Waals surface area contributed by atoms with Crippen LogP contribution in [0.4, 0.5) is 5.69 Å². The molecule has 0 saturated heterocycles. The molecule has 0 aliphatic carbocycles. The average Bonchev–Trinajstić information content (AvgIpc) is 2.26. The third kappa shape index (κ3) is 4.03. The Bertz CT molecular complexity index is 391. The molecule has 5 heteroatoms. The molecular weight excluding hydrogens is 220 g/mol. The summed E-state index contributed by atoms with van der Waals surface area (Å²) in [6, 6.07) is 4.94. The van der Waals surface area contributed by atoms with Crippen LogP contribution in [0.25, 0.3) is 0 Å². The highest BCUT2D eigenvalue weighted by Crippen LogP contribution is 2.28. The lowest BCUT2D eigenvalue weighted by molar-refractivity contribution is -0.385. The predicted octanol–water partition coefficient (Wildman–Crippen LogP) is 2.35. The number of hydrogen-bond donors (Lipinski definition) is 1. The Hall–Kier alpha value is -1.62. The van der Waals surface area contributed by atoms with Crippen LogP contribution in [0.5, 0.6) is 5.75 Å². The number of hydrogen-bond acceptors (Lipinski definition) is 4. The average molecular weight is 238 g/mol. The third-order valence-electron chi connectivity index (χ3n) is 2.17. The zero-order valence-corrected chi connectivity index (χ0v) is 10.4. The van der Waals surface area contributed by atoms with Gasteiger partial charge < -0.3 is 10.1 Å². The van der Waals surface area contributed by atoms with Gasteiger partial charge in [0.1, 0.15) is 0 Å². The molecule has 0 bridgehead atoms. The molecule has 1 aromatic rings. The highest BCUT2D eigenvalue weighted by atomic mass is 16.6. The predicted molar refractivity (Wildman–Crippen MR) is 66.2 cm³/mol. The fourth-order valence-electron chi connectivity index (χ4n) is 1.40. The van der Waals surface area contributed by atoms with Crippen molar-refractivity contribution in [2.45, 2.75) is 20.4 Å². The first-order valence-electron chi connectivity index (χ1n) is 5.59. The van der Waals surface area contributed by atoms with Gasteiger partial charge in [-0.15, -0.1) is 0 Å². The second-order valence-corrected chi connectivity index (χ2v) is 4.29. The van der Waals surface area contributed by atoms with Crippen LogP contribution in [0.1, 0.15) is 19.4 Å². The normalized spacial score (nSPS) is 10.6. The summed E-state index contributed by atoms with van der Waals surface area (Å²) in [5.41, 5.74) is 0.988. The molecule has 0 atom stereocenters. The molecule has 1 N–H and O–H groups in total. The molecule has 0 heterocycles. The van der Waals surface area contributed by atoms with Crippen LogP contribution in [-0.4, -0.2) is 18.6 Å². The molecule has 1 aromatic carbocycles. The zero-order chi connectivity index (χ0) is 12.8. The van der Waals surface area contributed by atoms with Crippen molar-refractivity contribution in [3.63, 3.8) is 0 Å². The van der Waals surface area contributed by atoms with E-state index in [1.807, 2.05) is 20.9 Å². The van der Waals surface area contributed by atoms with E-state index >= 15 is 0 Å². The van der Waals surface area contributed by atoms with Crippen molar-refractivity contribution < 1.29 is 9.66 Å². The summed E-state index contributed by atoms with van der Waals surface area (Å²) in [5, 5.41) is 13.8. The summed E-state index contributed by atoms with van der Waals surface area (Å²) >= 11 is 0. The lowest BCUT2D eigenvalue weighted by Gasteiger charge is -2.10. The summed E-state index contributed by atoms with van der Waals surface area (Å²) in [7, 11) is 1.83. The molecule has 0 fully saturated rings. The molecule has 17 heavy (non-hydrogen) atoms. The van der Waals surface area contributed by atoms with Crippen molar-refractivity contribution in [1.29, 1.82) is 0 Å². The van der Waals surface area contributed by atoms with Crippen LogP contribution >= 0.6 is 0 Å². The van der Waals surface area contributed by atoms with Gasteiger partial charge >= 0.3 is 5.69 Å². The molecule has 0 amide bonds. The summed E-state index contributed by atoms with van der Waals surface area (Å²) in [6.07, 6.45) is 0. The molecule has 0 unspecified atom stereocenters. The van der Waals surface area contributed by atoms with Gasteiger partial charge in [-0.25, -0.2) is 0 Å². The molecule has 1 rings (SSSR count). The number of nitrogens with one attached hydrogen (secondary N) is 1. The van der Waals surface area contributed by atoms with Crippen LogP contribution in [0.15, 0.2) is 18.2 Å². The minimum absolute atomic E-state index is 0.0190. The number of rotatable bonds is 6. The van der Waals surface area contributed by atoms with Gasteiger partial charge in [0.15, 0.2) is 5.75 Å². The molecule has 0 aliphatic heterocycles. The maximum Gasteiger partial charge on any atom is 0.310 e. The Morgan fingerprint density at radius 3 is 2.71 bits per heavy atom. The maximum atomic E-state index is 10.8. The van der Waals surface area contributed by atoms with Gasteiger partial charge in [-0.05, 0) is 24.6 Å². The largest absolute Gasteiger partial charge is 0.487 e. The van der Waals surface area contributed by atoms with E-state index in [0.29, 0.717) is 24.8 Å². The summed E-state index contributed by atoms with van der Waals surface area (Å²) in [5.74, 6) is 0.680. The Morgan fingerprint density at radius 2 is 2.18 bits per heavy atom. The molecule has 94 valence electrons. The van der Waals surface area contributed by atoms with Gasteiger partial charge in [0.2, 0.25) is 0 Å². The molecule has 0 aromatic heterocycles. The maximum absolute atomic E-state index is 10.8. The molecule has 5 nitrogen and oxygen atoms in total. The van der Waals surface area contributed by atoms with Crippen LogP contribution in [0.3, 0.4) is 0 Å². The Morgan fingerprint density at radius 1 is 1.47 bits per heavy atom. The third-order valence-corrected chi connectivity index (χ3v) is 2.17. The van der Waals surface area contributed by atoms with Gasteiger partial charge in [-0.3, -0.25) is 10.1 Å². The topological polar surface area (TPSA) is 64.4 Å². The van der Waals surface area contributed by atoms with E-state index in [0.717, 1.165) is 5.56 Å². The second-order valence-electron chi connectivity index (χ2n) is 4.29. The monoisotopic (exact) mass is 238 g/mol. The standard InChI is InChI=1S/C12H18N2O3/c1-9(2)8-17-12-6-10(7-13-3)4-5-11(12)14(15)16/h4-6,9,13H,7-8H2,1-3H3. The first kappa shape index (κ1) is 13.4. The van der Waals surface area contributed by atoms with E-state index in [1.165, 1.54) is 6.07 Å². The minimum Gasteiger partial charge on any atom is -0.487 e. The molecular formula is C12H18N2O3.